The van der Waals surface area contributed by atoms with Gasteiger partial charge in [-0.25, -0.2) is 0 Å². The molecule has 1 heterocycles. The Morgan fingerprint density at radius 2 is 1.73 bits per heavy atom. The molecule has 0 aliphatic rings. The Kier molecular flexibility index (Phi) is 10.1. The fourth-order valence-electron chi connectivity index (χ4n) is 3.76. The van der Waals surface area contributed by atoms with Gasteiger partial charge < -0.3 is 20.7 Å². The molecule has 0 saturated heterocycles. The number of hydrogen-bond acceptors (Lipinski definition) is 6. The van der Waals surface area contributed by atoms with Crippen LogP contribution in [0, 0.1) is 0 Å². The molecule has 3 amide bonds. The molecular formula is C31H29N3O4S2. The molecule has 9 heteroatoms. The number of thioether (sulfide) groups is 1. The van der Waals surface area contributed by atoms with Crippen LogP contribution >= 0.6 is 23.1 Å². The summed E-state index contributed by atoms with van der Waals surface area (Å²) in [6.07, 6.45) is 2.24. The van der Waals surface area contributed by atoms with Gasteiger partial charge in [0.15, 0.2) is 0 Å². The minimum Gasteiger partial charge on any atom is -0.495 e. The van der Waals surface area contributed by atoms with Gasteiger partial charge in [-0.1, -0.05) is 43.3 Å². The highest BCUT2D eigenvalue weighted by Crippen LogP contribution is 2.30. The third-order valence-electron chi connectivity index (χ3n) is 5.78. The summed E-state index contributed by atoms with van der Waals surface area (Å²) in [5.74, 6) is -0.394. The highest BCUT2D eigenvalue weighted by atomic mass is 32.2. The third kappa shape index (κ3) is 7.84. The van der Waals surface area contributed by atoms with Gasteiger partial charge in [0.2, 0.25) is 5.91 Å². The van der Waals surface area contributed by atoms with Crippen LogP contribution in [0.1, 0.15) is 29.3 Å². The number of amides is 3. The van der Waals surface area contributed by atoms with E-state index in [1.54, 1.807) is 55.7 Å². The van der Waals surface area contributed by atoms with Crippen LogP contribution in [0.25, 0.3) is 6.08 Å². The monoisotopic (exact) mass is 571 g/mol. The highest BCUT2D eigenvalue weighted by Gasteiger charge is 2.20. The second-order valence-electron chi connectivity index (χ2n) is 8.62. The number of ether oxygens (including phenoxy) is 1. The van der Waals surface area contributed by atoms with E-state index in [4.69, 9.17) is 4.74 Å². The molecule has 0 fully saturated rings. The molecule has 204 valence electrons. The Labute approximate surface area is 241 Å². The molecule has 40 heavy (non-hydrogen) atoms. The van der Waals surface area contributed by atoms with Gasteiger partial charge in [-0.05, 0) is 77.4 Å². The summed E-state index contributed by atoms with van der Waals surface area (Å²) in [6, 6.07) is 25.1. The molecule has 0 bridgehead atoms. The standard InChI is InChI=1S/C31H29N3O4S2/c1-3-28(31(37)33-25-14-7-8-15-27(25)38-2)40-24-13-9-12-23(19-24)32-30(36)26(18-21-16-17-39-20-21)34-29(35)22-10-5-4-6-11-22/h4-20,28H,3H2,1-2H3,(H,32,36)(H,33,37)(H,34,35)/b26-18-. The van der Waals surface area contributed by atoms with E-state index in [2.05, 4.69) is 16.0 Å². The van der Waals surface area contributed by atoms with Gasteiger partial charge in [-0.2, -0.15) is 11.3 Å². The molecule has 0 radical (unpaired) electrons. The van der Waals surface area contributed by atoms with E-state index in [0.717, 1.165) is 10.5 Å². The molecule has 1 atom stereocenters. The molecule has 4 rings (SSSR count). The molecule has 1 aromatic heterocycles. The number of rotatable bonds is 11. The summed E-state index contributed by atoms with van der Waals surface area (Å²) in [4.78, 5) is 40.0. The van der Waals surface area contributed by atoms with Crippen molar-refractivity contribution in [3.8, 4) is 5.75 Å². The molecule has 7 nitrogen and oxygen atoms in total. The van der Waals surface area contributed by atoms with Crippen LogP contribution < -0.4 is 20.7 Å². The maximum Gasteiger partial charge on any atom is 0.272 e. The molecular weight excluding hydrogens is 542 g/mol. The van der Waals surface area contributed by atoms with E-state index in [1.807, 2.05) is 60.1 Å². The van der Waals surface area contributed by atoms with Crippen molar-refractivity contribution < 1.29 is 19.1 Å². The summed E-state index contributed by atoms with van der Waals surface area (Å²) in [7, 11) is 1.56. The van der Waals surface area contributed by atoms with Crippen LogP contribution in [-0.4, -0.2) is 30.1 Å². The molecule has 0 aliphatic heterocycles. The zero-order valence-corrected chi connectivity index (χ0v) is 23.7. The largest absolute Gasteiger partial charge is 0.495 e. The van der Waals surface area contributed by atoms with E-state index < -0.39 is 5.91 Å². The number of carbonyl (C=O) groups is 3. The normalized spacial score (nSPS) is 11.8. The predicted octanol–water partition coefficient (Wildman–Crippen LogP) is 6.68. The lowest BCUT2D eigenvalue weighted by Crippen LogP contribution is -2.30. The van der Waals surface area contributed by atoms with Gasteiger partial charge in [0.25, 0.3) is 11.8 Å². The van der Waals surface area contributed by atoms with Crippen molar-refractivity contribution in [2.24, 2.45) is 0 Å². The summed E-state index contributed by atoms with van der Waals surface area (Å²) in [5, 5.41) is 12.0. The Balaban J connectivity index is 1.47. The van der Waals surface area contributed by atoms with Crippen LogP contribution in [0.5, 0.6) is 5.75 Å². The van der Waals surface area contributed by atoms with Gasteiger partial charge in [0, 0.05) is 16.1 Å². The van der Waals surface area contributed by atoms with Crippen molar-refractivity contribution in [2.75, 3.05) is 17.7 Å². The number of benzene rings is 3. The number of thiophene rings is 1. The van der Waals surface area contributed by atoms with Crippen molar-refractivity contribution in [1.29, 1.82) is 0 Å². The molecule has 0 aliphatic carbocycles. The minimum atomic E-state index is -0.460. The zero-order chi connectivity index (χ0) is 28.3. The molecule has 0 saturated carbocycles. The predicted molar refractivity (Wildman–Crippen MR) is 163 cm³/mol. The van der Waals surface area contributed by atoms with Crippen molar-refractivity contribution >= 4 is 58.3 Å². The first-order valence-corrected chi connectivity index (χ1v) is 14.4. The van der Waals surface area contributed by atoms with Crippen molar-refractivity contribution in [1.82, 2.24) is 5.32 Å². The Morgan fingerprint density at radius 1 is 0.950 bits per heavy atom. The summed E-state index contributed by atoms with van der Waals surface area (Å²) < 4.78 is 5.34. The second-order valence-corrected chi connectivity index (χ2v) is 10.7. The molecule has 3 N–H and O–H groups in total. The topological polar surface area (TPSA) is 96.5 Å². The second kappa shape index (κ2) is 14.2. The number of anilines is 2. The average molecular weight is 572 g/mol. The van der Waals surface area contributed by atoms with Crippen LogP contribution in [0.15, 0.2) is 106 Å². The number of nitrogens with one attached hydrogen (secondary N) is 3. The lowest BCUT2D eigenvalue weighted by atomic mass is 10.2. The first kappa shape index (κ1) is 28.7. The van der Waals surface area contributed by atoms with Crippen LogP contribution in [0.3, 0.4) is 0 Å². The lowest BCUT2D eigenvalue weighted by Gasteiger charge is -2.17. The van der Waals surface area contributed by atoms with Gasteiger partial charge in [-0.15, -0.1) is 11.8 Å². The molecule has 3 aromatic carbocycles. The first-order valence-electron chi connectivity index (χ1n) is 12.6. The van der Waals surface area contributed by atoms with Crippen LogP contribution in [-0.2, 0) is 9.59 Å². The molecule has 4 aromatic rings. The van der Waals surface area contributed by atoms with Gasteiger partial charge in [0.05, 0.1) is 18.0 Å². The lowest BCUT2D eigenvalue weighted by molar-refractivity contribution is -0.116. The number of carbonyl (C=O) groups excluding carboxylic acids is 3. The SMILES string of the molecule is CCC(Sc1cccc(NC(=O)/C(=C/c2ccsc2)NC(=O)c2ccccc2)c1)C(=O)Nc1ccccc1OC. The number of hydrogen-bond donors (Lipinski definition) is 3. The first-order chi connectivity index (χ1) is 19.5. The average Bonchev–Trinajstić information content (AvgIpc) is 3.49. The van der Waals surface area contributed by atoms with E-state index >= 15 is 0 Å². The summed E-state index contributed by atoms with van der Waals surface area (Å²) in [6.45, 7) is 1.95. The fraction of sp³-hybridized carbons (Fsp3) is 0.129. The highest BCUT2D eigenvalue weighted by molar-refractivity contribution is 8.00. The van der Waals surface area contributed by atoms with Crippen LogP contribution in [0.4, 0.5) is 11.4 Å². The van der Waals surface area contributed by atoms with Gasteiger partial charge in [0.1, 0.15) is 11.4 Å². The van der Waals surface area contributed by atoms with E-state index in [1.165, 1.54) is 23.1 Å². The smallest absolute Gasteiger partial charge is 0.272 e. The van der Waals surface area contributed by atoms with Crippen molar-refractivity contribution in [3.05, 3.63) is 113 Å². The maximum absolute atomic E-state index is 13.3. The molecule has 0 spiro atoms. The fourth-order valence-corrected chi connectivity index (χ4v) is 5.39. The Bertz CT molecular complexity index is 1490. The number of para-hydroxylation sites is 2. The summed E-state index contributed by atoms with van der Waals surface area (Å²) in [5.41, 5.74) is 2.52. The van der Waals surface area contributed by atoms with E-state index in [-0.39, 0.29) is 22.8 Å². The zero-order valence-electron chi connectivity index (χ0n) is 22.0. The summed E-state index contributed by atoms with van der Waals surface area (Å²) >= 11 is 2.90. The van der Waals surface area contributed by atoms with Gasteiger partial charge in [-0.3, -0.25) is 14.4 Å². The van der Waals surface area contributed by atoms with Crippen LogP contribution in [0.2, 0.25) is 0 Å². The number of methoxy groups -OCH3 is 1. The Morgan fingerprint density at radius 3 is 2.45 bits per heavy atom. The maximum atomic E-state index is 13.3. The quantitative estimate of drug-likeness (QED) is 0.138. The van der Waals surface area contributed by atoms with Crippen molar-refractivity contribution in [3.63, 3.8) is 0 Å². The van der Waals surface area contributed by atoms with E-state index in [9.17, 15) is 14.4 Å². The third-order valence-corrected chi connectivity index (χ3v) is 7.84. The Hall–Kier alpha value is -4.34. The van der Waals surface area contributed by atoms with Gasteiger partial charge >= 0.3 is 0 Å². The van der Waals surface area contributed by atoms with E-state index in [0.29, 0.717) is 29.1 Å². The minimum absolute atomic E-state index is 0.118. The van der Waals surface area contributed by atoms with Crippen molar-refractivity contribution in [2.45, 2.75) is 23.5 Å². The molecule has 1 unspecified atom stereocenters.